The molecule has 0 spiro atoms. The lowest BCUT2D eigenvalue weighted by molar-refractivity contribution is -0.115. The zero-order valence-corrected chi connectivity index (χ0v) is 17.5. The minimum Gasteiger partial charge on any atom is -0.324 e. The number of hydrogen-bond donors (Lipinski definition) is 3. The summed E-state index contributed by atoms with van der Waals surface area (Å²) in [5.74, 6) is -0.369. The fourth-order valence-electron chi connectivity index (χ4n) is 2.80. The van der Waals surface area contributed by atoms with Crippen LogP contribution in [0.25, 0.3) is 0 Å². The number of nitrogens with one attached hydrogen (secondary N) is 3. The summed E-state index contributed by atoms with van der Waals surface area (Å²) in [6, 6.07) is 15.5. The minimum absolute atomic E-state index is 0.0754. The summed E-state index contributed by atoms with van der Waals surface area (Å²) in [5, 5.41) is 5.48. The van der Waals surface area contributed by atoms with Crippen LogP contribution in [0.15, 0.2) is 76.8 Å². The van der Waals surface area contributed by atoms with Crippen LogP contribution in [0, 0.1) is 0 Å². The summed E-state index contributed by atoms with van der Waals surface area (Å²) in [4.78, 5) is 29.9. The van der Waals surface area contributed by atoms with E-state index in [1.807, 2.05) is 13.0 Å². The van der Waals surface area contributed by atoms with Crippen molar-refractivity contribution in [1.29, 1.82) is 0 Å². The van der Waals surface area contributed by atoms with Gasteiger partial charge in [-0.25, -0.2) is 4.21 Å². The first-order valence-electron chi connectivity index (χ1n) is 9.11. The number of anilines is 3. The van der Waals surface area contributed by atoms with Gasteiger partial charge in [0.25, 0.3) is 5.91 Å². The molecule has 3 aromatic rings. The van der Waals surface area contributed by atoms with Gasteiger partial charge in [0.15, 0.2) is 0 Å². The summed E-state index contributed by atoms with van der Waals surface area (Å²) in [7, 11) is -1.44. The number of carbonyl (C=O) groups is 2. The molecule has 0 saturated carbocycles. The van der Waals surface area contributed by atoms with E-state index in [-0.39, 0.29) is 17.1 Å². The second kappa shape index (κ2) is 8.68. The van der Waals surface area contributed by atoms with Crippen LogP contribution in [0.4, 0.5) is 17.1 Å². The number of thioether (sulfide) groups is 1. The molecule has 1 aliphatic rings. The van der Waals surface area contributed by atoms with Crippen molar-refractivity contribution in [2.75, 3.05) is 15.4 Å². The van der Waals surface area contributed by atoms with Crippen LogP contribution >= 0.6 is 11.8 Å². The molecule has 0 aliphatic carbocycles. The highest BCUT2D eigenvalue weighted by atomic mass is 32.2. The number of aromatic nitrogens is 1. The number of carbonyl (C=O) groups excluding carboxylic acids is 2. The van der Waals surface area contributed by atoms with Crippen molar-refractivity contribution in [2.45, 2.75) is 22.0 Å². The van der Waals surface area contributed by atoms with Crippen LogP contribution in [0.1, 0.15) is 17.3 Å². The van der Waals surface area contributed by atoms with Gasteiger partial charge in [-0.15, -0.1) is 11.8 Å². The molecule has 2 aromatic carbocycles. The van der Waals surface area contributed by atoms with Gasteiger partial charge < -0.3 is 10.6 Å². The normalized spacial score (nSPS) is 16.2. The van der Waals surface area contributed by atoms with Crippen molar-refractivity contribution in [2.24, 2.45) is 0 Å². The average Bonchev–Trinajstić information content (AvgIpc) is 2.75. The molecule has 2 unspecified atom stereocenters. The van der Waals surface area contributed by atoms with E-state index in [9.17, 15) is 13.8 Å². The van der Waals surface area contributed by atoms with Crippen LogP contribution in [0.2, 0.25) is 0 Å². The Morgan fingerprint density at radius 2 is 1.93 bits per heavy atom. The van der Waals surface area contributed by atoms with Gasteiger partial charge in [0.05, 0.1) is 27.7 Å². The molecule has 4 rings (SSSR count). The van der Waals surface area contributed by atoms with Gasteiger partial charge in [0.2, 0.25) is 5.91 Å². The van der Waals surface area contributed by atoms with Crippen LogP contribution in [-0.2, 0) is 15.8 Å². The molecule has 2 atom stereocenters. The second-order valence-electron chi connectivity index (χ2n) is 6.55. The number of hydrogen-bond acceptors (Lipinski definition) is 5. The van der Waals surface area contributed by atoms with Crippen LogP contribution in [0.3, 0.4) is 0 Å². The molecule has 0 saturated heterocycles. The van der Waals surface area contributed by atoms with Crippen molar-refractivity contribution in [3.8, 4) is 0 Å². The number of pyridine rings is 1. The molecule has 152 valence electrons. The molecule has 3 N–H and O–H groups in total. The summed E-state index contributed by atoms with van der Waals surface area (Å²) in [5.41, 5.74) is 2.31. The summed E-state index contributed by atoms with van der Waals surface area (Å²) < 4.78 is 15.3. The highest BCUT2D eigenvalue weighted by Gasteiger charge is 2.23. The first-order chi connectivity index (χ1) is 14.5. The Kier molecular flexibility index (Phi) is 5.82. The van der Waals surface area contributed by atoms with E-state index in [0.29, 0.717) is 27.5 Å². The van der Waals surface area contributed by atoms with E-state index in [2.05, 4.69) is 20.3 Å². The molecule has 30 heavy (non-hydrogen) atoms. The van der Waals surface area contributed by atoms with Crippen molar-refractivity contribution in [3.63, 3.8) is 0 Å². The van der Waals surface area contributed by atoms with Crippen LogP contribution in [-0.4, -0.2) is 26.3 Å². The summed E-state index contributed by atoms with van der Waals surface area (Å²) in [6.45, 7) is 1.84. The van der Waals surface area contributed by atoms with Crippen LogP contribution < -0.4 is 15.4 Å². The van der Waals surface area contributed by atoms with Crippen molar-refractivity contribution < 1.29 is 13.8 Å². The van der Waals surface area contributed by atoms with Gasteiger partial charge in [-0.1, -0.05) is 0 Å². The van der Waals surface area contributed by atoms with Gasteiger partial charge in [-0.3, -0.25) is 19.3 Å². The zero-order chi connectivity index (χ0) is 21.1. The van der Waals surface area contributed by atoms with E-state index in [4.69, 9.17) is 0 Å². The quantitative estimate of drug-likeness (QED) is 0.561. The van der Waals surface area contributed by atoms with Gasteiger partial charge in [-0.05, 0) is 61.5 Å². The maximum atomic E-state index is 12.6. The maximum Gasteiger partial charge on any atom is 0.255 e. The Labute approximate surface area is 180 Å². The van der Waals surface area contributed by atoms with E-state index in [1.54, 1.807) is 60.9 Å². The third-order valence-electron chi connectivity index (χ3n) is 4.37. The first-order valence-corrected chi connectivity index (χ1v) is 11.1. The number of fused-ring (bicyclic) bond motifs is 1. The number of benzene rings is 2. The molecule has 1 aromatic heterocycles. The molecule has 7 nitrogen and oxygen atoms in total. The van der Waals surface area contributed by atoms with Gasteiger partial charge in [0, 0.05) is 22.3 Å². The topological polar surface area (TPSA) is 100 Å². The predicted octanol–water partition coefficient (Wildman–Crippen LogP) is 3.90. The molecule has 0 radical (unpaired) electrons. The Hall–Kier alpha value is -3.17. The van der Waals surface area contributed by atoms with E-state index in [0.717, 1.165) is 4.90 Å². The molecule has 0 bridgehead atoms. The third kappa shape index (κ3) is 4.52. The second-order valence-corrected chi connectivity index (χ2v) is 9.15. The smallest absolute Gasteiger partial charge is 0.255 e. The lowest BCUT2D eigenvalue weighted by Crippen LogP contribution is -2.26. The molecule has 1 aliphatic heterocycles. The number of rotatable bonds is 5. The van der Waals surface area contributed by atoms with E-state index >= 15 is 0 Å². The summed E-state index contributed by atoms with van der Waals surface area (Å²) in [6.07, 6.45) is 3.23. The number of nitrogens with zero attached hydrogens (tertiary/aromatic N) is 1. The Bertz CT molecular complexity index is 1120. The van der Waals surface area contributed by atoms with Gasteiger partial charge >= 0.3 is 0 Å². The lowest BCUT2D eigenvalue weighted by atomic mass is 10.1. The Balaban J connectivity index is 1.42. The highest BCUT2D eigenvalue weighted by molar-refractivity contribution is 8.01. The molecule has 0 fully saturated rings. The first kappa shape index (κ1) is 20.1. The molecular formula is C21H18N4O3S2. The maximum absolute atomic E-state index is 12.6. The Morgan fingerprint density at radius 1 is 1.13 bits per heavy atom. The standard InChI is InChI=1S/C21H18N4O3S2/c1-13-20(26)24-18-11-14(4-9-19(18)29-13)21(27)23-15-5-7-17(8-6-15)30(28)25-16-3-2-10-22-12-16/h2-13,25H,1H3,(H,23,27)(H,24,26). The Morgan fingerprint density at radius 3 is 2.67 bits per heavy atom. The van der Waals surface area contributed by atoms with E-state index < -0.39 is 11.0 Å². The fraction of sp³-hybridized carbons (Fsp3) is 0.0952. The molecule has 2 heterocycles. The molecule has 9 heteroatoms. The highest BCUT2D eigenvalue weighted by Crippen LogP contribution is 2.36. The van der Waals surface area contributed by atoms with E-state index in [1.165, 1.54) is 11.8 Å². The van der Waals surface area contributed by atoms with Crippen molar-refractivity contribution >= 4 is 51.6 Å². The molecule has 2 amide bonds. The zero-order valence-electron chi connectivity index (χ0n) is 15.9. The fourth-order valence-corrected chi connectivity index (χ4v) is 4.57. The SMILES string of the molecule is CC1Sc2ccc(C(=O)Nc3ccc(S(=O)Nc4cccnc4)cc3)cc2NC1=O. The van der Waals surface area contributed by atoms with Gasteiger partial charge in [0.1, 0.15) is 11.0 Å². The number of amides is 2. The van der Waals surface area contributed by atoms with Gasteiger partial charge in [-0.2, -0.15) is 0 Å². The predicted molar refractivity (Wildman–Crippen MR) is 119 cm³/mol. The minimum atomic E-state index is -1.44. The lowest BCUT2D eigenvalue weighted by Gasteiger charge is -2.21. The molecular weight excluding hydrogens is 420 g/mol. The monoisotopic (exact) mass is 438 g/mol. The average molecular weight is 439 g/mol. The van der Waals surface area contributed by atoms with Crippen molar-refractivity contribution in [1.82, 2.24) is 4.98 Å². The van der Waals surface area contributed by atoms with Crippen LogP contribution in [0.5, 0.6) is 0 Å². The van der Waals surface area contributed by atoms with Crippen molar-refractivity contribution in [3.05, 3.63) is 72.6 Å². The third-order valence-corrected chi connectivity index (χ3v) is 6.67. The summed E-state index contributed by atoms with van der Waals surface area (Å²) >= 11 is 1.47. The largest absolute Gasteiger partial charge is 0.324 e.